The standard InChI is InChI=1S/C25H30N4O6/c1-31-19-9-7-16(12-21(19)33-3)24-27-23(35-28-24)15-29-11-5-6-17(14-29)25(30)26-18-8-10-20(32-2)22(13-18)34-4/h7-10,12-13,17H,5-6,11,14-15H2,1-4H3,(H,26,30)/t17-/m1/s1. The van der Waals surface area contributed by atoms with E-state index in [2.05, 4.69) is 20.4 Å². The van der Waals surface area contributed by atoms with Gasteiger partial charge in [-0.05, 0) is 49.7 Å². The van der Waals surface area contributed by atoms with Gasteiger partial charge in [-0.3, -0.25) is 9.69 Å². The molecule has 186 valence electrons. The highest BCUT2D eigenvalue weighted by atomic mass is 16.5. The van der Waals surface area contributed by atoms with E-state index in [1.165, 1.54) is 0 Å². The number of carbonyl (C=O) groups is 1. The number of piperidine rings is 1. The second-order valence-corrected chi connectivity index (χ2v) is 8.21. The van der Waals surface area contributed by atoms with Gasteiger partial charge in [0, 0.05) is 23.9 Å². The van der Waals surface area contributed by atoms with Crippen molar-refractivity contribution < 1.29 is 28.3 Å². The molecule has 1 atom stereocenters. The molecule has 2 aromatic carbocycles. The summed E-state index contributed by atoms with van der Waals surface area (Å²) in [7, 11) is 6.31. The second-order valence-electron chi connectivity index (χ2n) is 8.21. The first-order chi connectivity index (χ1) is 17.0. The van der Waals surface area contributed by atoms with Crippen molar-refractivity contribution in [2.45, 2.75) is 19.4 Å². The zero-order chi connectivity index (χ0) is 24.8. The van der Waals surface area contributed by atoms with Gasteiger partial charge in [0.1, 0.15) is 0 Å². The van der Waals surface area contributed by atoms with Crippen molar-refractivity contribution >= 4 is 11.6 Å². The molecule has 0 bridgehead atoms. The molecule has 2 heterocycles. The van der Waals surface area contributed by atoms with Crippen molar-refractivity contribution in [3.8, 4) is 34.4 Å². The van der Waals surface area contributed by atoms with Crippen LogP contribution in [0.25, 0.3) is 11.4 Å². The van der Waals surface area contributed by atoms with E-state index >= 15 is 0 Å². The zero-order valence-electron chi connectivity index (χ0n) is 20.4. The molecule has 1 amide bonds. The maximum atomic E-state index is 12.9. The van der Waals surface area contributed by atoms with Crippen molar-refractivity contribution in [3.63, 3.8) is 0 Å². The average molecular weight is 483 g/mol. The number of ether oxygens (including phenoxy) is 4. The summed E-state index contributed by atoms with van der Waals surface area (Å²) < 4.78 is 26.7. The van der Waals surface area contributed by atoms with Gasteiger partial charge >= 0.3 is 0 Å². The van der Waals surface area contributed by atoms with Crippen molar-refractivity contribution in [2.75, 3.05) is 46.8 Å². The summed E-state index contributed by atoms with van der Waals surface area (Å²) in [5.74, 6) is 3.19. The Morgan fingerprint density at radius 1 is 1.00 bits per heavy atom. The predicted molar refractivity (Wildman–Crippen MR) is 129 cm³/mol. The molecular weight excluding hydrogens is 452 g/mol. The lowest BCUT2D eigenvalue weighted by atomic mass is 9.97. The van der Waals surface area contributed by atoms with E-state index in [1.54, 1.807) is 52.7 Å². The predicted octanol–water partition coefficient (Wildman–Crippen LogP) is 3.62. The Hall–Kier alpha value is -3.79. The van der Waals surface area contributed by atoms with Gasteiger partial charge in [-0.25, -0.2) is 0 Å². The molecule has 3 aromatic rings. The van der Waals surface area contributed by atoms with Crippen LogP contribution in [0.15, 0.2) is 40.9 Å². The van der Waals surface area contributed by atoms with Gasteiger partial charge in [0.2, 0.25) is 17.6 Å². The number of nitrogens with one attached hydrogen (secondary N) is 1. The number of methoxy groups -OCH3 is 4. The molecule has 0 unspecified atom stereocenters. The Bertz CT molecular complexity index is 1160. The molecule has 0 saturated carbocycles. The molecule has 10 heteroatoms. The summed E-state index contributed by atoms with van der Waals surface area (Å²) in [6.07, 6.45) is 1.72. The van der Waals surface area contributed by atoms with Gasteiger partial charge in [0.25, 0.3) is 0 Å². The first kappa shape index (κ1) is 24.3. The molecule has 35 heavy (non-hydrogen) atoms. The molecular formula is C25H30N4O6. The maximum Gasteiger partial charge on any atom is 0.241 e. The summed E-state index contributed by atoms with van der Waals surface area (Å²) in [5.41, 5.74) is 1.43. The van der Waals surface area contributed by atoms with Crippen LogP contribution in [0.2, 0.25) is 0 Å². The Balaban J connectivity index is 1.38. The van der Waals surface area contributed by atoms with Crippen molar-refractivity contribution in [1.29, 1.82) is 0 Å². The number of anilines is 1. The molecule has 4 rings (SSSR count). The van der Waals surface area contributed by atoms with Crippen LogP contribution in [-0.2, 0) is 11.3 Å². The molecule has 0 spiro atoms. The first-order valence-electron chi connectivity index (χ1n) is 11.3. The molecule has 1 aliphatic heterocycles. The van der Waals surface area contributed by atoms with E-state index in [1.807, 2.05) is 12.1 Å². The van der Waals surface area contributed by atoms with Gasteiger partial charge in [-0.15, -0.1) is 0 Å². The van der Waals surface area contributed by atoms with Crippen LogP contribution in [0.1, 0.15) is 18.7 Å². The van der Waals surface area contributed by atoms with Crippen molar-refractivity contribution in [1.82, 2.24) is 15.0 Å². The van der Waals surface area contributed by atoms with Gasteiger partial charge in [-0.2, -0.15) is 4.98 Å². The smallest absolute Gasteiger partial charge is 0.241 e. The molecule has 1 fully saturated rings. The highest BCUT2D eigenvalue weighted by Gasteiger charge is 2.27. The lowest BCUT2D eigenvalue weighted by molar-refractivity contribution is -0.121. The van der Waals surface area contributed by atoms with Crippen LogP contribution in [-0.4, -0.2) is 62.5 Å². The van der Waals surface area contributed by atoms with Crippen molar-refractivity contribution in [2.24, 2.45) is 5.92 Å². The number of hydrogen-bond acceptors (Lipinski definition) is 9. The van der Waals surface area contributed by atoms with Crippen LogP contribution in [0, 0.1) is 5.92 Å². The Morgan fingerprint density at radius 2 is 1.69 bits per heavy atom. The minimum absolute atomic E-state index is 0.0292. The lowest BCUT2D eigenvalue weighted by Crippen LogP contribution is -2.40. The Morgan fingerprint density at radius 3 is 2.40 bits per heavy atom. The number of aromatic nitrogens is 2. The SMILES string of the molecule is COc1ccc(NC(=O)[C@@H]2CCCN(Cc3nc(-c4ccc(OC)c(OC)c4)no3)C2)cc1OC. The fourth-order valence-electron chi connectivity index (χ4n) is 4.17. The molecule has 10 nitrogen and oxygen atoms in total. The van der Waals surface area contributed by atoms with Crippen LogP contribution < -0.4 is 24.3 Å². The summed E-state index contributed by atoms with van der Waals surface area (Å²) in [6.45, 7) is 1.93. The van der Waals surface area contributed by atoms with Crippen LogP contribution in [0.3, 0.4) is 0 Å². The Labute approximate surface area is 204 Å². The summed E-state index contributed by atoms with van der Waals surface area (Å²) in [5, 5.41) is 7.11. The Kier molecular flexibility index (Phi) is 7.71. The third kappa shape index (κ3) is 5.65. The van der Waals surface area contributed by atoms with Gasteiger partial charge in [0.15, 0.2) is 23.0 Å². The second kappa shape index (κ2) is 11.1. The van der Waals surface area contributed by atoms with E-state index in [4.69, 9.17) is 23.5 Å². The van der Waals surface area contributed by atoms with Crippen LogP contribution in [0.4, 0.5) is 5.69 Å². The third-order valence-electron chi connectivity index (χ3n) is 6.00. The van der Waals surface area contributed by atoms with E-state index in [0.717, 1.165) is 24.9 Å². The fourth-order valence-corrected chi connectivity index (χ4v) is 4.17. The topological polar surface area (TPSA) is 108 Å². The third-order valence-corrected chi connectivity index (χ3v) is 6.00. The molecule has 1 N–H and O–H groups in total. The number of hydrogen-bond donors (Lipinski definition) is 1. The monoisotopic (exact) mass is 482 g/mol. The molecule has 1 saturated heterocycles. The van der Waals surface area contributed by atoms with E-state index in [9.17, 15) is 4.79 Å². The first-order valence-corrected chi connectivity index (χ1v) is 11.3. The highest BCUT2D eigenvalue weighted by molar-refractivity contribution is 5.93. The molecule has 0 aliphatic carbocycles. The normalized spacial score (nSPS) is 15.9. The molecule has 1 aromatic heterocycles. The summed E-state index contributed by atoms with van der Waals surface area (Å²) in [6, 6.07) is 10.8. The quantitative estimate of drug-likeness (QED) is 0.489. The van der Waals surface area contributed by atoms with E-state index in [0.29, 0.717) is 53.5 Å². The lowest BCUT2D eigenvalue weighted by Gasteiger charge is -2.30. The number of amides is 1. The highest BCUT2D eigenvalue weighted by Crippen LogP contribution is 2.32. The van der Waals surface area contributed by atoms with Gasteiger partial charge in [0.05, 0.1) is 40.9 Å². The number of carbonyl (C=O) groups excluding carboxylic acids is 1. The van der Waals surface area contributed by atoms with E-state index < -0.39 is 0 Å². The van der Waals surface area contributed by atoms with Crippen LogP contribution in [0.5, 0.6) is 23.0 Å². The summed E-state index contributed by atoms with van der Waals surface area (Å²) >= 11 is 0. The maximum absolute atomic E-state index is 12.9. The average Bonchev–Trinajstić information content (AvgIpc) is 3.36. The molecule has 0 radical (unpaired) electrons. The van der Waals surface area contributed by atoms with Gasteiger partial charge in [-0.1, -0.05) is 5.16 Å². The fraction of sp³-hybridized carbons (Fsp3) is 0.400. The van der Waals surface area contributed by atoms with Crippen LogP contribution >= 0.6 is 0 Å². The number of benzene rings is 2. The zero-order valence-corrected chi connectivity index (χ0v) is 20.4. The van der Waals surface area contributed by atoms with Crippen molar-refractivity contribution in [3.05, 3.63) is 42.3 Å². The van der Waals surface area contributed by atoms with E-state index in [-0.39, 0.29) is 11.8 Å². The largest absolute Gasteiger partial charge is 0.493 e. The number of likely N-dealkylation sites (tertiary alicyclic amines) is 1. The summed E-state index contributed by atoms with van der Waals surface area (Å²) in [4.78, 5) is 19.6. The number of rotatable bonds is 9. The number of nitrogens with zero attached hydrogens (tertiary/aromatic N) is 3. The van der Waals surface area contributed by atoms with Gasteiger partial charge < -0.3 is 28.8 Å². The molecule has 1 aliphatic rings. The minimum atomic E-state index is -0.148. The minimum Gasteiger partial charge on any atom is -0.493 e.